The van der Waals surface area contributed by atoms with Crippen LogP contribution in [0.3, 0.4) is 0 Å². The summed E-state index contributed by atoms with van der Waals surface area (Å²) in [6, 6.07) is -0.163. The first-order valence-corrected chi connectivity index (χ1v) is 27.4. The first-order valence-electron chi connectivity index (χ1n) is 27.4. The van der Waals surface area contributed by atoms with E-state index in [9.17, 15) is 39.6 Å². The van der Waals surface area contributed by atoms with Crippen molar-refractivity contribution < 1.29 is 59.1 Å². The number of amidine groups is 4. The number of nitrogens with zero attached hydrogens (tertiary/aromatic N) is 8. The summed E-state index contributed by atoms with van der Waals surface area (Å²) >= 11 is 0. The van der Waals surface area contributed by atoms with Crippen LogP contribution < -0.4 is 20.4 Å². The standard InChI is InChI=1S/4C15H24N2O2.Ru/c4*1-6-12-8-7-9-13(12)17(11(4)5)14(15(18)19)16-10(2)3;/h4*7-8,10-11H,6,9H2,1-5H3,(H,18,19);/q;;;;+4/p-4. The largest absolute Gasteiger partial charge is 4.00 e. The van der Waals surface area contributed by atoms with Gasteiger partial charge in [0.25, 0.3) is 0 Å². The number of aliphatic carboxylic acids is 4. The van der Waals surface area contributed by atoms with Crippen LogP contribution in [0, 0.1) is 0 Å². The maximum absolute atomic E-state index is 11.4. The van der Waals surface area contributed by atoms with E-state index in [1.165, 1.54) is 22.3 Å². The fourth-order valence-corrected chi connectivity index (χ4v) is 9.03. The van der Waals surface area contributed by atoms with E-state index in [4.69, 9.17) is 0 Å². The molecule has 0 N–H and O–H groups in total. The second-order valence-electron chi connectivity index (χ2n) is 20.9. The molecule has 4 aliphatic carbocycles. The Balaban J connectivity index is 0.000000996. The summed E-state index contributed by atoms with van der Waals surface area (Å²) in [6.45, 7) is 39.0. The van der Waals surface area contributed by atoms with Gasteiger partial charge in [-0.2, -0.15) is 0 Å². The Morgan fingerprint density at radius 1 is 0.364 bits per heavy atom. The van der Waals surface area contributed by atoms with Gasteiger partial charge >= 0.3 is 19.5 Å². The summed E-state index contributed by atoms with van der Waals surface area (Å²) in [5.74, 6) is -4.70. The normalized spacial score (nSPS) is 15.6. The molecule has 0 heterocycles. The summed E-state index contributed by atoms with van der Waals surface area (Å²) in [5, 5.41) is 45.6. The Morgan fingerprint density at radius 2 is 0.519 bits per heavy atom. The third-order valence-corrected chi connectivity index (χ3v) is 11.9. The van der Waals surface area contributed by atoms with E-state index in [1.807, 2.05) is 111 Å². The second kappa shape index (κ2) is 34.9. The SMILES string of the molecule is CCC1=C(N(C(=NC(C)C)C(=O)[O-])C(C)C)CC=C1.CCC1=C(N(C(=NC(C)C)C(=O)[O-])C(C)C)CC=C1.CCC1=C(N(C(=NC(C)C)C(=O)[O-])C(C)C)CC=C1.CCC1=C(N(C(=NC(C)C)C(=O)[O-])C(C)C)CC=C1.[Ru+4]. The molecule has 0 amide bonds. The van der Waals surface area contributed by atoms with E-state index in [1.54, 1.807) is 19.6 Å². The van der Waals surface area contributed by atoms with Crippen LogP contribution in [-0.2, 0) is 38.7 Å². The maximum atomic E-state index is 11.4. The summed E-state index contributed by atoms with van der Waals surface area (Å²) in [7, 11) is 0. The molecule has 0 aromatic carbocycles. The molecule has 77 heavy (non-hydrogen) atoms. The molecule has 4 aliphatic rings. The minimum absolute atomic E-state index is 0. The minimum atomic E-state index is -1.21. The molecule has 0 aromatic rings. The molecule has 0 saturated carbocycles. The van der Waals surface area contributed by atoms with Crippen LogP contribution in [0.1, 0.15) is 190 Å². The van der Waals surface area contributed by atoms with Crippen molar-refractivity contribution in [3.8, 4) is 0 Å². The van der Waals surface area contributed by atoms with Gasteiger partial charge in [-0.15, -0.1) is 0 Å². The Kier molecular flexibility index (Phi) is 32.4. The number of allylic oxidation sites excluding steroid dienone is 12. The van der Waals surface area contributed by atoms with Crippen molar-refractivity contribution in [2.45, 2.75) is 238 Å². The zero-order chi connectivity index (χ0) is 58.3. The van der Waals surface area contributed by atoms with Crippen molar-refractivity contribution in [2.75, 3.05) is 0 Å². The third kappa shape index (κ3) is 21.9. The molecule has 0 unspecified atom stereocenters. The number of carboxylic acids is 4. The van der Waals surface area contributed by atoms with E-state index < -0.39 is 23.9 Å². The Bertz CT molecular complexity index is 2060. The Labute approximate surface area is 475 Å². The molecular weight excluding hydrogens is 1060 g/mol. The zero-order valence-corrected chi connectivity index (χ0v) is 51.8. The molecule has 0 aliphatic heterocycles. The maximum Gasteiger partial charge on any atom is 4.00 e. The van der Waals surface area contributed by atoms with E-state index in [0.29, 0.717) is 0 Å². The van der Waals surface area contributed by atoms with Gasteiger partial charge < -0.3 is 59.2 Å². The van der Waals surface area contributed by atoms with Crippen molar-refractivity contribution in [2.24, 2.45) is 20.0 Å². The van der Waals surface area contributed by atoms with E-state index in [2.05, 4.69) is 96.3 Å². The summed E-state index contributed by atoms with van der Waals surface area (Å²) in [6.07, 6.45) is 23.1. The molecule has 0 spiro atoms. The summed E-state index contributed by atoms with van der Waals surface area (Å²) in [4.78, 5) is 69.7. The van der Waals surface area contributed by atoms with Gasteiger partial charge in [0.05, 0.1) is 0 Å². The predicted molar refractivity (Wildman–Crippen MR) is 303 cm³/mol. The van der Waals surface area contributed by atoms with Gasteiger partial charge in [-0.1, -0.05) is 76.3 Å². The van der Waals surface area contributed by atoms with Gasteiger partial charge in [0, 0.05) is 96.8 Å². The van der Waals surface area contributed by atoms with Crippen LogP contribution in [0.25, 0.3) is 0 Å². The van der Waals surface area contributed by atoms with Crippen molar-refractivity contribution in [3.05, 3.63) is 93.7 Å². The van der Waals surface area contributed by atoms with Gasteiger partial charge in [0.15, 0.2) is 23.3 Å². The minimum Gasteiger partial charge on any atom is -0.542 e. The van der Waals surface area contributed by atoms with Crippen LogP contribution in [0.2, 0.25) is 0 Å². The predicted octanol–water partition coefficient (Wildman–Crippen LogP) is 7.51. The molecule has 0 bridgehead atoms. The van der Waals surface area contributed by atoms with Crippen LogP contribution in [-0.4, -0.2) is 115 Å². The number of hydrogen-bond donors (Lipinski definition) is 0. The molecule has 0 saturated heterocycles. The van der Waals surface area contributed by atoms with Gasteiger partial charge in [-0.3, -0.25) is 20.0 Å². The number of carbonyl (C=O) groups excluding carboxylic acids is 4. The Morgan fingerprint density at radius 3 is 0.623 bits per heavy atom. The van der Waals surface area contributed by atoms with E-state index >= 15 is 0 Å². The molecule has 0 radical (unpaired) electrons. The molecule has 0 atom stereocenters. The average Bonchev–Trinajstić information content (AvgIpc) is 4.16. The van der Waals surface area contributed by atoms with Crippen LogP contribution in [0.5, 0.6) is 0 Å². The first kappa shape index (κ1) is 71.3. The van der Waals surface area contributed by atoms with Crippen molar-refractivity contribution in [1.29, 1.82) is 0 Å². The zero-order valence-electron chi connectivity index (χ0n) is 50.1. The monoisotopic (exact) mass is 1150 g/mol. The fourth-order valence-electron chi connectivity index (χ4n) is 9.03. The van der Waals surface area contributed by atoms with Crippen LogP contribution in [0.4, 0.5) is 0 Å². The van der Waals surface area contributed by atoms with Gasteiger partial charge in [0.2, 0.25) is 0 Å². The van der Waals surface area contributed by atoms with E-state index in [-0.39, 0.29) is 91.2 Å². The molecule has 0 fully saturated rings. The number of aliphatic imine (C=N–C) groups is 4. The molecule has 4 rings (SSSR count). The quantitative estimate of drug-likeness (QED) is 0.0832. The first-order chi connectivity index (χ1) is 35.5. The van der Waals surface area contributed by atoms with Gasteiger partial charge in [-0.05, 0) is 159 Å². The topological polar surface area (TPSA) is 223 Å². The van der Waals surface area contributed by atoms with Crippen molar-refractivity contribution in [3.63, 3.8) is 0 Å². The molecule has 0 aromatic heterocycles. The second-order valence-corrected chi connectivity index (χ2v) is 20.9. The van der Waals surface area contributed by atoms with Gasteiger partial charge in [-0.25, -0.2) is 0 Å². The number of carbonyl (C=O) groups is 4. The van der Waals surface area contributed by atoms with Crippen LogP contribution in [0.15, 0.2) is 114 Å². The summed E-state index contributed by atoms with van der Waals surface area (Å²) in [5.41, 5.74) is 8.81. The molecular formula is C60H92N8O8Ru. The smallest absolute Gasteiger partial charge is 0.542 e. The molecule has 17 heteroatoms. The van der Waals surface area contributed by atoms with Crippen LogP contribution >= 0.6 is 0 Å². The average molecular weight is 1150 g/mol. The van der Waals surface area contributed by atoms with Crippen molar-refractivity contribution in [1.82, 2.24) is 19.6 Å². The summed E-state index contributed by atoms with van der Waals surface area (Å²) < 4.78 is 0. The number of hydrogen-bond acceptors (Lipinski definition) is 12. The fraction of sp³-hybridized carbons (Fsp3) is 0.600. The third-order valence-electron chi connectivity index (χ3n) is 11.9. The van der Waals surface area contributed by atoms with Crippen molar-refractivity contribution >= 4 is 47.2 Å². The molecule has 16 nitrogen and oxygen atoms in total. The van der Waals surface area contributed by atoms with E-state index in [0.717, 1.165) is 74.2 Å². The molecule has 428 valence electrons. The van der Waals surface area contributed by atoms with Gasteiger partial charge in [0.1, 0.15) is 23.9 Å². The number of rotatable bonds is 16. The number of carboxylic acid groups (broad SMARTS) is 4. The Hall–Kier alpha value is -5.70.